The molecule has 0 saturated heterocycles. The molecule has 0 aliphatic heterocycles. The summed E-state index contributed by atoms with van der Waals surface area (Å²) in [6.07, 6.45) is 1.53. The molecule has 0 saturated carbocycles. The lowest BCUT2D eigenvalue weighted by atomic mass is 10.2. The summed E-state index contributed by atoms with van der Waals surface area (Å²) in [6, 6.07) is 13.4. The minimum atomic E-state index is -0.271. The molecule has 0 unspecified atom stereocenters. The molecule has 0 radical (unpaired) electrons. The quantitative estimate of drug-likeness (QED) is 0.603. The van der Waals surface area contributed by atoms with Crippen LogP contribution in [0.25, 0.3) is 0 Å². The molecule has 0 N–H and O–H groups in total. The SMILES string of the molecule is Fc1ccc(C=NOCc2cccc(Cl)c2)cc1. The van der Waals surface area contributed by atoms with Gasteiger partial charge in [-0.05, 0) is 35.4 Å². The molecule has 4 heteroatoms. The topological polar surface area (TPSA) is 21.6 Å². The van der Waals surface area contributed by atoms with Crippen molar-refractivity contribution in [3.05, 3.63) is 70.5 Å². The van der Waals surface area contributed by atoms with Crippen LogP contribution in [0.4, 0.5) is 4.39 Å². The van der Waals surface area contributed by atoms with E-state index in [4.69, 9.17) is 16.4 Å². The molecule has 18 heavy (non-hydrogen) atoms. The van der Waals surface area contributed by atoms with Gasteiger partial charge in [0.15, 0.2) is 0 Å². The second kappa shape index (κ2) is 6.17. The van der Waals surface area contributed by atoms with E-state index in [1.165, 1.54) is 18.3 Å². The highest BCUT2D eigenvalue weighted by atomic mass is 35.5. The maximum Gasteiger partial charge on any atom is 0.142 e. The fourth-order valence-electron chi connectivity index (χ4n) is 1.39. The zero-order chi connectivity index (χ0) is 12.8. The van der Waals surface area contributed by atoms with Crippen molar-refractivity contribution in [2.24, 2.45) is 5.16 Å². The van der Waals surface area contributed by atoms with E-state index >= 15 is 0 Å². The largest absolute Gasteiger partial charge is 0.391 e. The van der Waals surface area contributed by atoms with Gasteiger partial charge in [-0.3, -0.25) is 0 Å². The summed E-state index contributed by atoms with van der Waals surface area (Å²) in [5.74, 6) is -0.271. The van der Waals surface area contributed by atoms with Crippen molar-refractivity contribution in [3.63, 3.8) is 0 Å². The third-order valence-corrected chi connectivity index (χ3v) is 2.50. The van der Waals surface area contributed by atoms with Gasteiger partial charge in [-0.25, -0.2) is 4.39 Å². The molecule has 0 spiro atoms. The number of benzene rings is 2. The summed E-state index contributed by atoms with van der Waals surface area (Å²) in [4.78, 5) is 5.13. The number of hydrogen-bond acceptors (Lipinski definition) is 2. The Labute approximate surface area is 110 Å². The molecule has 2 nitrogen and oxygen atoms in total. The van der Waals surface area contributed by atoms with Gasteiger partial charge < -0.3 is 4.84 Å². The van der Waals surface area contributed by atoms with Gasteiger partial charge in [-0.2, -0.15) is 0 Å². The summed E-state index contributed by atoms with van der Waals surface area (Å²) in [5.41, 5.74) is 1.72. The molecule has 0 atom stereocenters. The van der Waals surface area contributed by atoms with Gasteiger partial charge in [-0.1, -0.05) is 41.0 Å². The van der Waals surface area contributed by atoms with Gasteiger partial charge in [0.05, 0.1) is 6.21 Å². The summed E-state index contributed by atoms with van der Waals surface area (Å²) >= 11 is 5.84. The first kappa shape index (κ1) is 12.6. The Kier molecular flexibility index (Phi) is 4.31. The lowest BCUT2D eigenvalue weighted by Crippen LogP contribution is -1.88. The van der Waals surface area contributed by atoms with Crippen LogP contribution in [0.15, 0.2) is 53.7 Å². The van der Waals surface area contributed by atoms with Gasteiger partial charge in [0.2, 0.25) is 0 Å². The predicted octanol–water partition coefficient (Wildman–Crippen LogP) is 4.03. The van der Waals surface area contributed by atoms with Crippen LogP contribution >= 0.6 is 11.6 Å². The molecule has 2 aromatic rings. The van der Waals surface area contributed by atoms with Crippen molar-refractivity contribution >= 4 is 17.8 Å². The van der Waals surface area contributed by atoms with E-state index in [0.717, 1.165) is 11.1 Å². The van der Waals surface area contributed by atoms with Crippen LogP contribution < -0.4 is 0 Å². The smallest absolute Gasteiger partial charge is 0.142 e. The average molecular weight is 264 g/mol. The highest BCUT2D eigenvalue weighted by Gasteiger charge is 1.94. The van der Waals surface area contributed by atoms with Crippen molar-refractivity contribution in [2.75, 3.05) is 0 Å². The van der Waals surface area contributed by atoms with Crippen LogP contribution in [-0.2, 0) is 11.4 Å². The second-order valence-electron chi connectivity index (χ2n) is 3.69. The maximum absolute atomic E-state index is 12.6. The van der Waals surface area contributed by atoms with Crippen molar-refractivity contribution in [3.8, 4) is 0 Å². The Morgan fingerprint density at radius 2 is 1.94 bits per heavy atom. The molecule has 0 aromatic heterocycles. The van der Waals surface area contributed by atoms with Gasteiger partial charge in [0, 0.05) is 5.02 Å². The van der Waals surface area contributed by atoms with Gasteiger partial charge >= 0.3 is 0 Å². The predicted molar refractivity (Wildman–Crippen MR) is 70.2 cm³/mol. The normalized spacial score (nSPS) is 10.8. The molecular weight excluding hydrogens is 253 g/mol. The minimum Gasteiger partial charge on any atom is -0.391 e. The first-order valence-corrected chi connectivity index (χ1v) is 5.77. The molecule has 0 aliphatic carbocycles. The lowest BCUT2D eigenvalue weighted by Gasteiger charge is -2.00. The molecule has 0 amide bonds. The molecule has 0 fully saturated rings. The summed E-state index contributed by atoms with van der Waals surface area (Å²) in [5, 5.41) is 4.47. The number of hydrogen-bond donors (Lipinski definition) is 0. The Hall–Kier alpha value is -1.87. The van der Waals surface area contributed by atoms with Crippen molar-refractivity contribution in [1.29, 1.82) is 0 Å². The minimum absolute atomic E-state index is 0.271. The zero-order valence-electron chi connectivity index (χ0n) is 9.51. The highest BCUT2D eigenvalue weighted by Crippen LogP contribution is 2.11. The zero-order valence-corrected chi connectivity index (χ0v) is 10.3. The van der Waals surface area contributed by atoms with Crippen LogP contribution in [0.1, 0.15) is 11.1 Å². The van der Waals surface area contributed by atoms with Gasteiger partial charge in [0.1, 0.15) is 12.4 Å². The highest BCUT2D eigenvalue weighted by molar-refractivity contribution is 6.30. The Balaban J connectivity index is 1.87. The lowest BCUT2D eigenvalue weighted by molar-refractivity contribution is 0.132. The van der Waals surface area contributed by atoms with Crippen LogP contribution in [0.2, 0.25) is 5.02 Å². The van der Waals surface area contributed by atoms with Crippen LogP contribution in [0.3, 0.4) is 0 Å². The van der Waals surface area contributed by atoms with Gasteiger partial charge in [-0.15, -0.1) is 0 Å². The van der Waals surface area contributed by atoms with Crippen molar-refractivity contribution in [2.45, 2.75) is 6.61 Å². The second-order valence-corrected chi connectivity index (χ2v) is 4.13. The summed E-state index contributed by atoms with van der Waals surface area (Å²) < 4.78 is 12.6. The third-order valence-electron chi connectivity index (χ3n) is 2.27. The molecule has 0 heterocycles. The fraction of sp³-hybridized carbons (Fsp3) is 0.0714. The van der Waals surface area contributed by atoms with Crippen LogP contribution in [0, 0.1) is 5.82 Å². The summed E-state index contributed by atoms with van der Waals surface area (Å²) in [6.45, 7) is 0.345. The molecule has 2 aromatic carbocycles. The van der Waals surface area contributed by atoms with Crippen LogP contribution in [-0.4, -0.2) is 6.21 Å². The van der Waals surface area contributed by atoms with E-state index in [-0.39, 0.29) is 5.82 Å². The maximum atomic E-state index is 12.6. The number of rotatable bonds is 4. The monoisotopic (exact) mass is 263 g/mol. The van der Waals surface area contributed by atoms with Crippen molar-refractivity contribution in [1.82, 2.24) is 0 Å². The summed E-state index contributed by atoms with van der Waals surface area (Å²) in [7, 11) is 0. The molecule has 0 bridgehead atoms. The third kappa shape index (κ3) is 3.86. The van der Waals surface area contributed by atoms with Crippen molar-refractivity contribution < 1.29 is 9.23 Å². The van der Waals surface area contributed by atoms with E-state index in [0.29, 0.717) is 11.6 Å². The van der Waals surface area contributed by atoms with E-state index in [9.17, 15) is 4.39 Å². The Bertz CT molecular complexity index is 540. The van der Waals surface area contributed by atoms with Gasteiger partial charge in [0.25, 0.3) is 0 Å². The molecule has 2 rings (SSSR count). The van der Waals surface area contributed by atoms with E-state index in [1.807, 2.05) is 18.2 Å². The Morgan fingerprint density at radius 1 is 1.17 bits per heavy atom. The molecular formula is C14H11ClFNO. The molecule has 92 valence electrons. The first-order chi connectivity index (χ1) is 8.74. The fourth-order valence-corrected chi connectivity index (χ4v) is 1.60. The number of oxime groups is 1. The van der Waals surface area contributed by atoms with E-state index < -0.39 is 0 Å². The van der Waals surface area contributed by atoms with E-state index in [2.05, 4.69) is 5.16 Å². The number of nitrogens with zero attached hydrogens (tertiary/aromatic N) is 1. The average Bonchev–Trinajstić information content (AvgIpc) is 2.37. The number of halogens is 2. The standard InChI is InChI=1S/C14H11ClFNO/c15-13-3-1-2-12(8-13)10-18-17-9-11-4-6-14(16)7-5-11/h1-9H,10H2. The molecule has 0 aliphatic rings. The Morgan fingerprint density at radius 3 is 2.67 bits per heavy atom. The van der Waals surface area contributed by atoms with Crippen LogP contribution in [0.5, 0.6) is 0 Å². The van der Waals surface area contributed by atoms with E-state index in [1.54, 1.807) is 18.2 Å². The first-order valence-electron chi connectivity index (χ1n) is 5.39.